The Morgan fingerprint density at radius 1 is 1.19 bits per heavy atom. The Morgan fingerprint density at radius 2 is 1.94 bits per heavy atom. The lowest BCUT2D eigenvalue weighted by atomic mass is 9.92. The summed E-state index contributed by atoms with van der Waals surface area (Å²) in [6, 6.07) is 11.3. The first-order valence-electron chi connectivity index (χ1n) is 11.9. The number of fused-ring (bicyclic) bond motifs is 1. The smallest absolute Gasteiger partial charge is 0.254 e. The molecular formula is C27H30FN5O2S. The number of rotatable bonds is 8. The van der Waals surface area contributed by atoms with Crippen LogP contribution in [0, 0.1) is 5.82 Å². The van der Waals surface area contributed by atoms with Crippen molar-refractivity contribution >= 4 is 28.7 Å². The fourth-order valence-electron chi connectivity index (χ4n) is 4.13. The van der Waals surface area contributed by atoms with Gasteiger partial charge in [-0.25, -0.2) is 9.38 Å². The number of nitrogens with zero attached hydrogens (tertiary/aromatic N) is 4. The van der Waals surface area contributed by atoms with Gasteiger partial charge < -0.3 is 15.1 Å². The number of aromatic nitrogens is 1. The van der Waals surface area contributed by atoms with Crippen LogP contribution in [0.3, 0.4) is 0 Å². The van der Waals surface area contributed by atoms with Crippen LogP contribution in [0.4, 0.5) is 4.39 Å². The molecule has 1 aromatic heterocycles. The largest absolute Gasteiger partial charge is 0.355 e. The van der Waals surface area contributed by atoms with Crippen molar-refractivity contribution in [2.24, 2.45) is 4.99 Å². The summed E-state index contributed by atoms with van der Waals surface area (Å²) in [5, 5.41) is 5.56. The third-order valence-electron chi connectivity index (χ3n) is 6.28. The molecule has 0 unspecified atom stereocenters. The van der Waals surface area contributed by atoms with Crippen LogP contribution in [-0.2, 0) is 16.0 Å². The van der Waals surface area contributed by atoms with Gasteiger partial charge in [0.25, 0.3) is 5.91 Å². The second-order valence-electron chi connectivity index (χ2n) is 9.05. The van der Waals surface area contributed by atoms with E-state index in [2.05, 4.69) is 10.3 Å². The summed E-state index contributed by atoms with van der Waals surface area (Å²) in [5.74, 6) is -0.624. The van der Waals surface area contributed by atoms with Gasteiger partial charge in [-0.1, -0.05) is 30.0 Å². The van der Waals surface area contributed by atoms with Crippen LogP contribution in [-0.4, -0.2) is 51.4 Å². The van der Waals surface area contributed by atoms with Crippen LogP contribution in [0.15, 0.2) is 76.0 Å². The van der Waals surface area contributed by atoms with Crippen molar-refractivity contribution in [3.05, 3.63) is 88.1 Å². The molecule has 1 atom stereocenters. The number of thioether (sulfide) groups is 1. The van der Waals surface area contributed by atoms with Crippen molar-refractivity contribution in [3.8, 4) is 0 Å². The van der Waals surface area contributed by atoms with Crippen LogP contribution in [0.25, 0.3) is 0 Å². The van der Waals surface area contributed by atoms with E-state index in [1.165, 1.54) is 23.9 Å². The third kappa shape index (κ3) is 5.51. The van der Waals surface area contributed by atoms with Gasteiger partial charge in [-0.15, -0.1) is 0 Å². The first kappa shape index (κ1) is 25.6. The minimum absolute atomic E-state index is 0.00936. The van der Waals surface area contributed by atoms with Crippen LogP contribution < -0.4 is 5.32 Å². The molecule has 0 saturated carbocycles. The first-order chi connectivity index (χ1) is 17.3. The van der Waals surface area contributed by atoms with Gasteiger partial charge in [0.15, 0.2) is 5.17 Å². The summed E-state index contributed by atoms with van der Waals surface area (Å²) < 4.78 is 13.8. The van der Waals surface area contributed by atoms with E-state index in [1.807, 2.05) is 49.3 Å². The maximum absolute atomic E-state index is 13.8. The lowest BCUT2D eigenvalue weighted by molar-refractivity contribution is -0.128. The molecule has 2 amide bonds. The SMILES string of the molecule is CC1=C(C(=O)N(C)C(C)C)[C@H](c2ccc(F)cc2)N2C(CC(=O)NCCc3ccccn3)=CSC2=N1. The fraction of sp³-hybridized carbons (Fsp3) is 0.333. The zero-order chi connectivity index (χ0) is 25.8. The van der Waals surface area contributed by atoms with Crippen molar-refractivity contribution in [1.82, 2.24) is 20.1 Å². The van der Waals surface area contributed by atoms with E-state index in [9.17, 15) is 14.0 Å². The van der Waals surface area contributed by atoms with Crippen molar-refractivity contribution in [3.63, 3.8) is 0 Å². The van der Waals surface area contributed by atoms with Crippen molar-refractivity contribution in [2.75, 3.05) is 13.6 Å². The number of allylic oxidation sites excluding steroid dienone is 1. The molecule has 3 heterocycles. The number of aliphatic imine (C=N–C) groups is 1. The molecule has 0 spiro atoms. The number of benzene rings is 1. The lowest BCUT2D eigenvalue weighted by Crippen LogP contribution is -2.42. The van der Waals surface area contributed by atoms with E-state index in [4.69, 9.17) is 4.99 Å². The Labute approximate surface area is 215 Å². The summed E-state index contributed by atoms with van der Waals surface area (Å²) in [5.41, 5.74) is 3.55. The highest BCUT2D eigenvalue weighted by Crippen LogP contribution is 2.45. The summed E-state index contributed by atoms with van der Waals surface area (Å²) in [7, 11) is 1.76. The molecular weight excluding hydrogens is 477 g/mol. The number of amidine groups is 1. The van der Waals surface area contributed by atoms with E-state index < -0.39 is 6.04 Å². The number of hydrogen-bond donors (Lipinski definition) is 1. The Hall–Kier alpha value is -3.46. The summed E-state index contributed by atoms with van der Waals surface area (Å²) in [6.45, 7) is 6.20. The van der Waals surface area contributed by atoms with Gasteiger partial charge in [0.05, 0.1) is 23.7 Å². The highest BCUT2D eigenvalue weighted by molar-refractivity contribution is 8.16. The highest BCUT2D eigenvalue weighted by atomic mass is 32.2. The number of carbonyl (C=O) groups is 2. The molecule has 2 aromatic rings. The molecule has 1 aromatic carbocycles. The summed E-state index contributed by atoms with van der Waals surface area (Å²) >= 11 is 1.42. The van der Waals surface area contributed by atoms with Crippen molar-refractivity contribution in [2.45, 2.75) is 45.7 Å². The topological polar surface area (TPSA) is 77.9 Å². The van der Waals surface area contributed by atoms with Crippen LogP contribution in [0.5, 0.6) is 0 Å². The van der Waals surface area contributed by atoms with E-state index in [0.29, 0.717) is 29.4 Å². The average molecular weight is 508 g/mol. The fourth-order valence-corrected chi connectivity index (χ4v) is 5.10. The molecule has 0 aliphatic carbocycles. The predicted molar refractivity (Wildman–Crippen MR) is 140 cm³/mol. The van der Waals surface area contributed by atoms with Gasteiger partial charge >= 0.3 is 0 Å². The van der Waals surface area contributed by atoms with E-state index >= 15 is 0 Å². The molecule has 0 radical (unpaired) electrons. The van der Waals surface area contributed by atoms with Gasteiger partial charge in [0.2, 0.25) is 5.91 Å². The third-order valence-corrected chi connectivity index (χ3v) is 7.17. The van der Waals surface area contributed by atoms with Gasteiger partial charge in [-0.3, -0.25) is 14.6 Å². The monoisotopic (exact) mass is 507 g/mol. The van der Waals surface area contributed by atoms with Gasteiger partial charge in [-0.05, 0) is 56.0 Å². The molecule has 188 valence electrons. The number of carbonyl (C=O) groups excluding carboxylic acids is 2. The minimum atomic E-state index is -0.519. The second-order valence-corrected chi connectivity index (χ2v) is 9.89. The quantitative estimate of drug-likeness (QED) is 0.573. The number of halogens is 1. The number of amides is 2. The molecule has 0 fully saturated rings. The highest BCUT2D eigenvalue weighted by Gasteiger charge is 2.41. The zero-order valence-electron chi connectivity index (χ0n) is 20.9. The maximum atomic E-state index is 13.8. The molecule has 0 saturated heterocycles. The normalized spacial score (nSPS) is 17.1. The summed E-state index contributed by atoms with van der Waals surface area (Å²) in [6.07, 6.45) is 2.50. The van der Waals surface area contributed by atoms with Crippen LogP contribution in [0.2, 0.25) is 0 Å². The first-order valence-corrected chi connectivity index (χ1v) is 12.8. The van der Waals surface area contributed by atoms with E-state index in [0.717, 1.165) is 17.0 Å². The number of nitrogens with one attached hydrogen (secondary N) is 1. The number of pyridine rings is 1. The zero-order valence-corrected chi connectivity index (χ0v) is 21.7. The molecule has 4 rings (SSSR count). The van der Waals surface area contributed by atoms with E-state index in [-0.39, 0.29) is 30.1 Å². The predicted octanol–water partition coefficient (Wildman–Crippen LogP) is 4.41. The Kier molecular flexibility index (Phi) is 7.88. The van der Waals surface area contributed by atoms with Gasteiger partial charge in [0, 0.05) is 43.6 Å². The molecule has 9 heteroatoms. The second kappa shape index (κ2) is 11.1. The van der Waals surface area contributed by atoms with E-state index in [1.54, 1.807) is 30.3 Å². The average Bonchev–Trinajstić information content (AvgIpc) is 3.25. The number of likely N-dealkylation sites (N-methyl/N-ethyl adjacent to an activating group) is 1. The van der Waals surface area contributed by atoms with Crippen molar-refractivity contribution in [1.29, 1.82) is 0 Å². The summed E-state index contributed by atoms with van der Waals surface area (Å²) in [4.78, 5) is 39.0. The Morgan fingerprint density at radius 3 is 2.61 bits per heavy atom. The lowest BCUT2D eigenvalue weighted by Gasteiger charge is -2.38. The van der Waals surface area contributed by atoms with Gasteiger partial charge in [-0.2, -0.15) is 0 Å². The number of hydrogen-bond acceptors (Lipinski definition) is 6. The molecule has 2 aliphatic rings. The molecule has 7 nitrogen and oxygen atoms in total. The molecule has 36 heavy (non-hydrogen) atoms. The van der Waals surface area contributed by atoms with Crippen LogP contribution in [0.1, 0.15) is 44.5 Å². The Bertz CT molecular complexity index is 1220. The van der Waals surface area contributed by atoms with Crippen molar-refractivity contribution < 1.29 is 14.0 Å². The standard InChI is InChI=1S/C27H30FN5O2S/c1-17(2)32(4)26(35)24-18(3)31-27-33(25(24)19-8-10-20(28)11-9-19)22(16-36-27)15-23(34)30-14-12-21-7-5-6-13-29-21/h5-11,13,16-17,25H,12,14-15H2,1-4H3,(H,30,34)/t25-/m0/s1. The minimum Gasteiger partial charge on any atom is -0.355 e. The van der Waals surface area contributed by atoms with Gasteiger partial charge in [0.1, 0.15) is 5.82 Å². The van der Waals surface area contributed by atoms with Crippen LogP contribution >= 0.6 is 11.8 Å². The molecule has 1 N–H and O–H groups in total. The Balaban J connectivity index is 1.58. The molecule has 2 aliphatic heterocycles. The molecule has 0 bridgehead atoms. The maximum Gasteiger partial charge on any atom is 0.254 e.